The molecule has 5 nitrogen and oxygen atoms in total. The molecule has 0 fully saturated rings. The fraction of sp³-hybridized carbons (Fsp3) is 0.381. The van der Waals surface area contributed by atoms with E-state index in [1.807, 2.05) is 45.0 Å². The van der Waals surface area contributed by atoms with Crippen molar-refractivity contribution in [2.24, 2.45) is 0 Å². The van der Waals surface area contributed by atoms with Gasteiger partial charge in [0.2, 0.25) is 0 Å². The van der Waals surface area contributed by atoms with Crippen LogP contribution in [0.1, 0.15) is 45.7 Å². The second-order valence-electron chi connectivity index (χ2n) is 7.17. The summed E-state index contributed by atoms with van der Waals surface area (Å²) >= 11 is 6.16. The van der Waals surface area contributed by atoms with Crippen LogP contribution in [0.3, 0.4) is 0 Å². The van der Waals surface area contributed by atoms with Crippen LogP contribution in [0.5, 0.6) is 11.5 Å². The summed E-state index contributed by atoms with van der Waals surface area (Å²) in [5, 5.41) is 0.503. The highest BCUT2D eigenvalue weighted by molar-refractivity contribution is 7.84. The number of carbonyl (C=O) groups is 1. The monoisotopic (exact) mass is 423 g/mol. The Kier molecular flexibility index (Phi) is 8.04. The fourth-order valence-corrected chi connectivity index (χ4v) is 3.38. The molecule has 0 saturated carbocycles. The lowest BCUT2D eigenvalue weighted by molar-refractivity contribution is -0.143. The maximum absolute atomic E-state index is 12.6. The van der Waals surface area contributed by atoms with Crippen molar-refractivity contribution >= 4 is 28.6 Å². The van der Waals surface area contributed by atoms with E-state index < -0.39 is 21.8 Å². The summed E-state index contributed by atoms with van der Waals surface area (Å²) in [4.78, 5) is 12.1. The van der Waals surface area contributed by atoms with E-state index >= 15 is 0 Å². The van der Waals surface area contributed by atoms with Gasteiger partial charge < -0.3 is 9.47 Å². The van der Waals surface area contributed by atoms with Crippen molar-refractivity contribution in [1.82, 2.24) is 4.72 Å². The number of halogens is 1. The molecule has 0 aliphatic carbocycles. The van der Waals surface area contributed by atoms with Crippen LogP contribution in [0.15, 0.2) is 48.5 Å². The minimum atomic E-state index is -1.36. The van der Waals surface area contributed by atoms with Crippen molar-refractivity contribution < 1.29 is 18.5 Å². The third-order valence-corrected chi connectivity index (χ3v) is 5.73. The van der Waals surface area contributed by atoms with Gasteiger partial charge >= 0.3 is 5.97 Å². The summed E-state index contributed by atoms with van der Waals surface area (Å²) in [6.45, 7) is 7.66. The van der Waals surface area contributed by atoms with Crippen LogP contribution in [0, 0.1) is 0 Å². The fourth-order valence-electron chi connectivity index (χ4n) is 2.37. The van der Waals surface area contributed by atoms with Gasteiger partial charge in [-0.1, -0.05) is 35.9 Å². The Hall–Kier alpha value is -1.89. The molecule has 2 aromatic rings. The number of esters is 1. The summed E-state index contributed by atoms with van der Waals surface area (Å²) in [6, 6.07) is 14.0. The number of nitrogens with one attached hydrogen (secondary N) is 1. The van der Waals surface area contributed by atoms with Gasteiger partial charge in [0.15, 0.2) is 0 Å². The Labute approximate surface area is 174 Å². The van der Waals surface area contributed by atoms with Crippen molar-refractivity contribution in [3.8, 4) is 11.5 Å². The molecule has 0 unspecified atom stereocenters. The van der Waals surface area contributed by atoms with Crippen LogP contribution in [-0.2, 0) is 20.5 Å². The van der Waals surface area contributed by atoms with Crippen LogP contribution in [0.25, 0.3) is 0 Å². The van der Waals surface area contributed by atoms with E-state index in [0.717, 1.165) is 5.56 Å². The van der Waals surface area contributed by atoms with Crippen LogP contribution in [0.2, 0.25) is 5.02 Å². The maximum Gasteiger partial charge on any atom is 0.307 e. The lowest BCUT2D eigenvalue weighted by Crippen LogP contribution is -2.36. The Morgan fingerprint density at radius 1 is 1.18 bits per heavy atom. The van der Waals surface area contributed by atoms with E-state index in [2.05, 4.69) is 4.72 Å². The molecule has 2 atom stereocenters. The summed E-state index contributed by atoms with van der Waals surface area (Å²) in [5.41, 5.74) is 0.773. The molecule has 2 aromatic carbocycles. The summed E-state index contributed by atoms with van der Waals surface area (Å²) in [6.07, 6.45) is 0.0607. The lowest BCUT2D eigenvalue weighted by atomic mass is 10.0. The van der Waals surface area contributed by atoms with Gasteiger partial charge in [0.1, 0.15) is 11.5 Å². The van der Waals surface area contributed by atoms with Crippen molar-refractivity contribution in [2.45, 2.75) is 44.9 Å². The molecule has 1 N–H and O–H groups in total. The van der Waals surface area contributed by atoms with Gasteiger partial charge in [0.05, 0.1) is 39.8 Å². The number of hydrogen-bond acceptors (Lipinski definition) is 4. The van der Waals surface area contributed by atoms with E-state index in [1.54, 1.807) is 31.2 Å². The maximum atomic E-state index is 12.6. The SMILES string of the molecule is CCOC(=O)C[C@H](N[S@](=O)C(C)(C)C)c1cccc(Oc2ccccc2Cl)c1. The molecule has 0 bridgehead atoms. The zero-order valence-corrected chi connectivity index (χ0v) is 18.1. The van der Waals surface area contributed by atoms with Crippen molar-refractivity contribution in [2.75, 3.05) is 6.61 Å². The third kappa shape index (κ3) is 6.62. The summed E-state index contributed by atoms with van der Waals surface area (Å²) < 4.78 is 26.1. The smallest absolute Gasteiger partial charge is 0.307 e. The summed E-state index contributed by atoms with van der Waals surface area (Å²) in [7, 11) is -1.36. The molecule has 28 heavy (non-hydrogen) atoms. The van der Waals surface area contributed by atoms with Gasteiger partial charge in [-0.05, 0) is 57.5 Å². The van der Waals surface area contributed by atoms with Gasteiger partial charge in [-0.25, -0.2) is 8.93 Å². The molecule has 0 amide bonds. The molecular weight excluding hydrogens is 398 g/mol. The molecule has 0 aliphatic rings. The Morgan fingerprint density at radius 2 is 1.89 bits per heavy atom. The molecule has 0 spiro atoms. The first-order valence-corrected chi connectivity index (χ1v) is 10.6. The number of hydrogen-bond donors (Lipinski definition) is 1. The Bertz CT molecular complexity index is 835. The molecule has 7 heteroatoms. The van der Waals surface area contributed by atoms with E-state index in [0.29, 0.717) is 23.1 Å². The van der Waals surface area contributed by atoms with Crippen molar-refractivity contribution in [3.05, 3.63) is 59.1 Å². The molecule has 2 rings (SSSR count). The van der Waals surface area contributed by atoms with E-state index in [9.17, 15) is 9.00 Å². The summed E-state index contributed by atoms with van der Waals surface area (Å²) in [5.74, 6) is 0.751. The highest BCUT2D eigenvalue weighted by atomic mass is 35.5. The topological polar surface area (TPSA) is 64.6 Å². The van der Waals surface area contributed by atoms with Gasteiger partial charge in [-0.3, -0.25) is 4.79 Å². The van der Waals surface area contributed by atoms with E-state index in [1.165, 1.54) is 0 Å². The minimum absolute atomic E-state index is 0.0607. The quantitative estimate of drug-likeness (QED) is 0.594. The van der Waals surface area contributed by atoms with Gasteiger partial charge in [0, 0.05) is 0 Å². The molecule has 0 aliphatic heterocycles. The second kappa shape index (κ2) is 10.0. The first-order chi connectivity index (χ1) is 13.2. The minimum Gasteiger partial charge on any atom is -0.466 e. The first-order valence-electron chi connectivity index (χ1n) is 9.06. The van der Waals surface area contributed by atoms with Crippen molar-refractivity contribution in [1.29, 1.82) is 0 Å². The second-order valence-corrected chi connectivity index (χ2v) is 9.57. The highest BCUT2D eigenvalue weighted by Gasteiger charge is 2.26. The molecule has 0 aromatic heterocycles. The predicted molar refractivity (Wildman–Crippen MR) is 113 cm³/mol. The van der Waals surface area contributed by atoms with Gasteiger partial charge in [0.25, 0.3) is 0 Å². The number of rotatable bonds is 8. The van der Waals surface area contributed by atoms with Gasteiger partial charge in [-0.15, -0.1) is 0 Å². The highest BCUT2D eigenvalue weighted by Crippen LogP contribution is 2.31. The van der Waals surface area contributed by atoms with Crippen LogP contribution < -0.4 is 9.46 Å². The zero-order valence-electron chi connectivity index (χ0n) is 16.5. The average Bonchev–Trinajstić information content (AvgIpc) is 2.63. The largest absolute Gasteiger partial charge is 0.466 e. The standard InChI is InChI=1S/C21H26ClNO4S/c1-5-26-20(24)14-18(23-28(25)21(2,3)4)15-9-8-10-16(13-15)27-19-12-7-6-11-17(19)22/h6-13,18,23H,5,14H2,1-4H3/t18-,28+/m0/s1. The van der Waals surface area contributed by atoms with Crippen LogP contribution >= 0.6 is 11.6 Å². The molecule has 152 valence electrons. The first kappa shape index (κ1) is 22.4. The molecule has 0 heterocycles. The Morgan fingerprint density at radius 3 is 2.54 bits per heavy atom. The lowest BCUT2D eigenvalue weighted by Gasteiger charge is -2.24. The normalized spacial score (nSPS) is 13.6. The van der Waals surface area contributed by atoms with Crippen molar-refractivity contribution in [3.63, 3.8) is 0 Å². The third-order valence-electron chi connectivity index (χ3n) is 3.81. The van der Waals surface area contributed by atoms with Crippen LogP contribution in [-0.4, -0.2) is 21.5 Å². The van der Waals surface area contributed by atoms with E-state index in [4.69, 9.17) is 21.1 Å². The zero-order chi connectivity index (χ0) is 20.7. The molecule has 0 radical (unpaired) electrons. The number of ether oxygens (including phenoxy) is 2. The molecular formula is C21H26ClNO4S. The van der Waals surface area contributed by atoms with E-state index in [-0.39, 0.29) is 12.4 Å². The number of para-hydroxylation sites is 1. The van der Waals surface area contributed by atoms with Crippen LogP contribution in [0.4, 0.5) is 0 Å². The average molecular weight is 424 g/mol. The molecule has 0 saturated heterocycles. The number of carbonyl (C=O) groups excluding carboxylic acids is 1. The predicted octanol–water partition coefficient (Wildman–Crippen LogP) is 5.18. The van der Waals surface area contributed by atoms with Gasteiger partial charge in [-0.2, -0.15) is 0 Å². The Balaban J connectivity index is 2.27. The number of benzene rings is 2.